The molecule has 112 valence electrons. The Hall–Kier alpha value is -0.840. The molecule has 1 atom stereocenters. The average molecular weight is 368 g/mol. The fraction of sp³-hybridized carbons (Fsp3) is 0.294. The van der Waals surface area contributed by atoms with Gasteiger partial charge in [0.15, 0.2) is 0 Å². The fourth-order valence-electron chi connectivity index (χ4n) is 2.21. The summed E-state index contributed by atoms with van der Waals surface area (Å²) in [6, 6.07) is 13.8. The van der Waals surface area contributed by atoms with Gasteiger partial charge in [-0.3, -0.25) is 0 Å². The summed E-state index contributed by atoms with van der Waals surface area (Å²) in [7, 11) is 0. The van der Waals surface area contributed by atoms with Gasteiger partial charge in [-0.25, -0.2) is 4.39 Å². The van der Waals surface area contributed by atoms with Crippen LogP contribution < -0.4 is 5.32 Å². The predicted octanol–water partition coefficient (Wildman–Crippen LogP) is 5.40. The van der Waals surface area contributed by atoms with Gasteiger partial charge in [0.25, 0.3) is 0 Å². The van der Waals surface area contributed by atoms with Crippen LogP contribution in [0.4, 0.5) is 4.39 Å². The van der Waals surface area contributed by atoms with Crippen LogP contribution in [-0.2, 0) is 0 Å². The number of halogens is 2. The maximum atomic E-state index is 13.4. The topological polar surface area (TPSA) is 12.0 Å². The summed E-state index contributed by atoms with van der Waals surface area (Å²) in [6.07, 6.45) is 3.13. The molecule has 0 spiro atoms. The molecular weight excluding hydrogens is 349 g/mol. The first-order chi connectivity index (χ1) is 10.2. The Bertz CT molecular complexity index is 586. The number of thioether (sulfide) groups is 1. The van der Waals surface area contributed by atoms with Crippen LogP contribution in [0.1, 0.15) is 30.5 Å². The molecule has 0 aromatic heterocycles. The number of hydrogen-bond donors (Lipinski definition) is 1. The summed E-state index contributed by atoms with van der Waals surface area (Å²) >= 11 is 5.00. The molecule has 0 bridgehead atoms. The van der Waals surface area contributed by atoms with E-state index in [1.54, 1.807) is 11.8 Å². The number of rotatable bonds is 6. The second-order valence-corrected chi connectivity index (χ2v) is 6.57. The summed E-state index contributed by atoms with van der Waals surface area (Å²) in [5.41, 5.74) is 2.26. The normalized spacial score (nSPS) is 12.4. The second-order valence-electron chi connectivity index (χ2n) is 4.83. The van der Waals surface area contributed by atoms with Crippen molar-refractivity contribution in [3.8, 4) is 0 Å². The molecule has 4 heteroatoms. The molecule has 0 radical (unpaired) electrons. The highest BCUT2D eigenvalue weighted by Crippen LogP contribution is 2.27. The van der Waals surface area contributed by atoms with E-state index in [1.165, 1.54) is 16.5 Å². The highest BCUT2D eigenvalue weighted by Gasteiger charge is 2.14. The first-order valence-electron chi connectivity index (χ1n) is 6.98. The molecule has 0 saturated heterocycles. The van der Waals surface area contributed by atoms with Crippen LogP contribution in [0.2, 0.25) is 0 Å². The molecule has 2 rings (SSSR count). The Kier molecular flexibility index (Phi) is 6.27. The Morgan fingerprint density at radius 2 is 1.81 bits per heavy atom. The lowest BCUT2D eigenvalue weighted by molar-refractivity contribution is 0.591. The molecule has 0 aliphatic rings. The van der Waals surface area contributed by atoms with Crippen LogP contribution in [0.25, 0.3) is 0 Å². The minimum atomic E-state index is -0.231. The standard InChI is InChI=1S/C17H19BrFNS/c1-3-10-20-17(12-4-7-14(21-2)8-5-12)13-6-9-16(19)15(18)11-13/h4-9,11,17,20H,3,10H2,1-2H3. The van der Waals surface area contributed by atoms with E-state index in [4.69, 9.17) is 0 Å². The maximum Gasteiger partial charge on any atom is 0.137 e. The van der Waals surface area contributed by atoms with E-state index in [9.17, 15) is 4.39 Å². The van der Waals surface area contributed by atoms with Crippen LogP contribution in [0.15, 0.2) is 51.8 Å². The van der Waals surface area contributed by atoms with Crippen molar-refractivity contribution in [1.82, 2.24) is 5.32 Å². The summed E-state index contributed by atoms with van der Waals surface area (Å²) in [6.45, 7) is 3.06. The molecular formula is C17H19BrFNS. The molecule has 0 amide bonds. The Morgan fingerprint density at radius 1 is 1.14 bits per heavy atom. The van der Waals surface area contributed by atoms with Gasteiger partial charge in [-0.15, -0.1) is 11.8 Å². The van der Waals surface area contributed by atoms with E-state index in [-0.39, 0.29) is 11.9 Å². The molecule has 2 aromatic rings. The van der Waals surface area contributed by atoms with Crippen LogP contribution >= 0.6 is 27.7 Å². The van der Waals surface area contributed by atoms with Crippen molar-refractivity contribution in [2.45, 2.75) is 24.3 Å². The van der Waals surface area contributed by atoms with Gasteiger partial charge in [0, 0.05) is 4.90 Å². The Labute approximate surface area is 138 Å². The number of hydrogen-bond acceptors (Lipinski definition) is 2. The minimum Gasteiger partial charge on any atom is -0.306 e. The van der Waals surface area contributed by atoms with Crippen LogP contribution in [0.3, 0.4) is 0 Å². The average Bonchev–Trinajstić information content (AvgIpc) is 2.51. The number of nitrogens with one attached hydrogen (secondary N) is 1. The highest BCUT2D eigenvalue weighted by molar-refractivity contribution is 9.10. The third-order valence-corrected chi connectivity index (χ3v) is 4.68. The summed E-state index contributed by atoms with van der Waals surface area (Å²) in [5, 5.41) is 3.54. The Balaban J connectivity index is 2.33. The van der Waals surface area contributed by atoms with Gasteiger partial charge in [-0.05, 0) is 70.5 Å². The fourth-order valence-corrected chi connectivity index (χ4v) is 3.01. The van der Waals surface area contributed by atoms with E-state index in [0.29, 0.717) is 4.47 Å². The lowest BCUT2D eigenvalue weighted by Gasteiger charge is -2.20. The van der Waals surface area contributed by atoms with E-state index < -0.39 is 0 Å². The van der Waals surface area contributed by atoms with Crippen LogP contribution in [0, 0.1) is 5.82 Å². The zero-order valence-electron chi connectivity index (χ0n) is 12.2. The van der Waals surface area contributed by atoms with Crippen molar-refractivity contribution in [3.63, 3.8) is 0 Å². The van der Waals surface area contributed by atoms with Gasteiger partial charge < -0.3 is 5.32 Å². The van der Waals surface area contributed by atoms with Gasteiger partial charge in [-0.1, -0.05) is 25.1 Å². The first kappa shape index (κ1) is 16.5. The van der Waals surface area contributed by atoms with Crippen molar-refractivity contribution in [2.24, 2.45) is 0 Å². The summed E-state index contributed by atoms with van der Waals surface area (Å²) in [4.78, 5) is 1.24. The third-order valence-electron chi connectivity index (χ3n) is 3.32. The molecule has 21 heavy (non-hydrogen) atoms. The van der Waals surface area contributed by atoms with Gasteiger partial charge in [-0.2, -0.15) is 0 Å². The molecule has 0 saturated carbocycles. The van der Waals surface area contributed by atoms with E-state index in [2.05, 4.69) is 58.7 Å². The van der Waals surface area contributed by atoms with Crippen molar-refractivity contribution in [1.29, 1.82) is 0 Å². The third kappa shape index (κ3) is 4.31. The molecule has 1 nitrogen and oxygen atoms in total. The quantitative estimate of drug-likeness (QED) is 0.686. The van der Waals surface area contributed by atoms with Gasteiger partial charge in [0.2, 0.25) is 0 Å². The molecule has 0 aliphatic carbocycles. The van der Waals surface area contributed by atoms with Crippen molar-refractivity contribution in [2.75, 3.05) is 12.8 Å². The first-order valence-corrected chi connectivity index (χ1v) is 8.99. The molecule has 0 aliphatic heterocycles. The SMILES string of the molecule is CCCNC(c1ccc(SC)cc1)c1ccc(F)c(Br)c1. The van der Waals surface area contributed by atoms with Crippen LogP contribution in [-0.4, -0.2) is 12.8 Å². The largest absolute Gasteiger partial charge is 0.306 e. The van der Waals surface area contributed by atoms with Crippen molar-refractivity contribution >= 4 is 27.7 Å². The molecule has 0 fully saturated rings. The molecule has 1 N–H and O–H groups in total. The number of benzene rings is 2. The van der Waals surface area contributed by atoms with Gasteiger partial charge in [0.05, 0.1) is 10.5 Å². The van der Waals surface area contributed by atoms with Crippen molar-refractivity contribution < 1.29 is 4.39 Å². The van der Waals surface area contributed by atoms with E-state index >= 15 is 0 Å². The smallest absolute Gasteiger partial charge is 0.137 e. The molecule has 0 heterocycles. The monoisotopic (exact) mass is 367 g/mol. The van der Waals surface area contributed by atoms with E-state index in [0.717, 1.165) is 18.5 Å². The summed E-state index contributed by atoms with van der Waals surface area (Å²) < 4.78 is 13.9. The lowest BCUT2D eigenvalue weighted by atomic mass is 9.98. The zero-order chi connectivity index (χ0) is 15.2. The minimum absolute atomic E-state index is 0.0813. The lowest BCUT2D eigenvalue weighted by Crippen LogP contribution is -2.23. The maximum absolute atomic E-state index is 13.4. The van der Waals surface area contributed by atoms with Gasteiger partial charge in [0.1, 0.15) is 5.82 Å². The van der Waals surface area contributed by atoms with Crippen LogP contribution in [0.5, 0.6) is 0 Å². The second kappa shape index (κ2) is 7.97. The summed E-state index contributed by atoms with van der Waals surface area (Å²) in [5.74, 6) is -0.231. The Morgan fingerprint density at radius 3 is 2.38 bits per heavy atom. The molecule has 2 aromatic carbocycles. The van der Waals surface area contributed by atoms with E-state index in [1.807, 2.05) is 12.1 Å². The molecule has 1 unspecified atom stereocenters. The zero-order valence-corrected chi connectivity index (χ0v) is 14.6. The predicted molar refractivity (Wildman–Crippen MR) is 92.5 cm³/mol. The van der Waals surface area contributed by atoms with Crippen molar-refractivity contribution in [3.05, 3.63) is 63.9 Å². The van der Waals surface area contributed by atoms with Gasteiger partial charge >= 0.3 is 0 Å². The highest BCUT2D eigenvalue weighted by atomic mass is 79.9.